The monoisotopic (exact) mass is 486 g/mol. The number of hydrogen-bond acceptors (Lipinski definition) is 4. The molecule has 3 aromatic rings. The van der Waals surface area contributed by atoms with Crippen LogP contribution in [0.3, 0.4) is 0 Å². The van der Waals surface area contributed by atoms with Gasteiger partial charge in [-0.2, -0.15) is 0 Å². The van der Waals surface area contributed by atoms with Gasteiger partial charge in [0.15, 0.2) is 5.78 Å². The summed E-state index contributed by atoms with van der Waals surface area (Å²) in [6, 6.07) is 20.2. The third kappa shape index (κ3) is 8.99. The van der Waals surface area contributed by atoms with Crippen LogP contribution >= 0.6 is 0 Å². The van der Waals surface area contributed by atoms with Crippen LogP contribution in [0, 0.1) is 5.82 Å². The average molecular weight is 487 g/mol. The molecule has 4 nitrogen and oxygen atoms in total. The summed E-state index contributed by atoms with van der Waals surface area (Å²) in [4.78, 5) is 24.2. The number of rotatable bonds is 13. The highest BCUT2D eigenvalue weighted by Gasteiger charge is 2.06. The molecule has 0 spiro atoms. The SMILES string of the molecule is C=C(C)c1ccc(OCCCCCCC(=O)Oc2ccc(C=CC(=O)c3ccc(F)cc3)cc2)cc1. The number of unbranched alkanes of at least 4 members (excludes halogenated alkanes) is 3. The van der Waals surface area contributed by atoms with Crippen LogP contribution in [0.5, 0.6) is 11.5 Å². The van der Waals surface area contributed by atoms with Crippen molar-refractivity contribution in [3.05, 3.63) is 108 Å². The van der Waals surface area contributed by atoms with Crippen LogP contribution < -0.4 is 9.47 Å². The summed E-state index contributed by atoms with van der Waals surface area (Å²) in [5.74, 6) is 0.456. The van der Waals surface area contributed by atoms with Gasteiger partial charge in [-0.05, 0) is 85.5 Å². The van der Waals surface area contributed by atoms with Crippen molar-refractivity contribution in [1.29, 1.82) is 0 Å². The van der Waals surface area contributed by atoms with E-state index in [1.54, 1.807) is 30.3 Å². The number of carbonyl (C=O) groups is 2. The average Bonchev–Trinajstić information content (AvgIpc) is 2.88. The minimum atomic E-state index is -0.382. The summed E-state index contributed by atoms with van der Waals surface area (Å²) in [6.07, 6.45) is 7.05. The number of allylic oxidation sites excluding steroid dienone is 2. The van der Waals surface area contributed by atoms with E-state index in [2.05, 4.69) is 6.58 Å². The first-order chi connectivity index (χ1) is 17.4. The van der Waals surface area contributed by atoms with Gasteiger partial charge in [0.2, 0.25) is 0 Å². The van der Waals surface area contributed by atoms with Crippen LogP contribution in [-0.4, -0.2) is 18.4 Å². The van der Waals surface area contributed by atoms with Gasteiger partial charge in [-0.3, -0.25) is 9.59 Å². The van der Waals surface area contributed by atoms with Crippen LogP contribution in [-0.2, 0) is 4.79 Å². The van der Waals surface area contributed by atoms with Crippen LogP contribution in [0.1, 0.15) is 60.5 Å². The standard InChI is InChI=1S/C31H31FO4/c1-23(2)25-13-19-28(20-14-25)35-22-6-4-3-5-7-31(34)36-29-17-8-24(9-18-29)10-21-30(33)26-11-15-27(32)16-12-26/h8-21H,1,3-7,22H2,2H3. The lowest BCUT2D eigenvalue weighted by Gasteiger charge is -2.07. The minimum absolute atomic E-state index is 0.214. The molecule has 0 aliphatic heterocycles. The third-order valence-electron chi connectivity index (χ3n) is 5.56. The molecule has 0 N–H and O–H groups in total. The largest absolute Gasteiger partial charge is 0.494 e. The zero-order chi connectivity index (χ0) is 25.8. The molecule has 0 aliphatic carbocycles. The molecule has 0 heterocycles. The van der Waals surface area contributed by atoms with E-state index < -0.39 is 0 Å². The van der Waals surface area contributed by atoms with Gasteiger partial charge in [-0.1, -0.05) is 55.3 Å². The highest BCUT2D eigenvalue weighted by molar-refractivity contribution is 6.06. The van der Waals surface area contributed by atoms with E-state index in [9.17, 15) is 14.0 Å². The van der Waals surface area contributed by atoms with Gasteiger partial charge in [-0.15, -0.1) is 0 Å². The fourth-order valence-corrected chi connectivity index (χ4v) is 3.46. The molecule has 0 unspecified atom stereocenters. The minimum Gasteiger partial charge on any atom is -0.494 e. The Bertz CT molecular complexity index is 1180. The van der Waals surface area contributed by atoms with Gasteiger partial charge in [0.05, 0.1) is 6.61 Å². The number of carbonyl (C=O) groups excluding carboxylic acids is 2. The maximum atomic E-state index is 13.0. The van der Waals surface area contributed by atoms with Crippen molar-refractivity contribution in [3.8, 4) is 11.5 Å². The second-order valence-electron chi connectivity index (χ2n) is 8.56. The van der Waals surface area contributed by atoms with Crippen LogP contribution in [0.4, 0.5) is 4.39 Å². The zero-order valence-electron chi connectivity index (χ0n) is 20.5. The molecule has 3 aromatic carbocycles. The molecule has 0 aliphatic rings. The van der Waals surface area contributed by atoms with Gasteiger partial charge in [0.25, 0.3) is 0 Å². The third-order valence-corrected chi connectivity index (χ3v) is 5.56. The van der Waals surface area contributed by atoms with E-state index >= 15 is 0 Å². The van der Waals surface area contributed by atoms with Gasteiger partial charge < -0.3 is 9.47 Å². The normalized spacial score (nSPS) is 10.8. The van der Waals surface area contributed by atoms with E-state index in [-0.39, 0.29) is 17.6 Å². The number of ether oxygens (including phenoxy) is 2. The molecule has 0 amide bonds. The molecule has 36 heavy (non-hydrogen) atoms. The lowest BCUT2D eigenvalue weighted by Crippen LogP contribution is -2.07. The lowest BCUT2D eigenvalue weighted by atomic mass is 10.1. The first kappa shape index (κ1) is 26.6. The molecule has 0 saturated carbocycles. The summed E-state index contributed by atoms with van der Waals surface area (Å²) in [5.41, 5.74) is 3.34. The number of halogens is 1. The molecule has 0 atom stereocenters. The molecule has 0 bridgehead atoms. The maximum Gasteiger partial charge on any atom is 0.311 e. The predicted molar refractivity (Wildman–Crippen MR) is 142 cm³/mol. The van der Waals surface area contributed by atoms with Crippen molar-refractivity contribution in [1.82, 2.24) is 0 Å². The Morgan fingerprint density at radius 1 is 0.806 bits per heavy atom. The fraction of sp³-hybridized carbons (Fsp3) is 0.226. The summed E-state index contributed by atoms with van der Waals surface area (Å²) < 4.78 is 24.1. The molecular weight excluding hydrogens is 455 g/mol. The molecule has 0 aromatic heterocycles. The Balaban J connectivity index is 1.29. The topological polar surface area (TPSA) is 52.6 Å². The van der Waals surface area contributed by atoms with Crippen molar-refractivity contribution in [2.24, 2.45) is 0 Å². The summed E-state index contributed by atoms with van der Waals surface area (Å²) in [5, 5.41) is 0. The van der Waals surface area contributed by atoms with E-state index in [0.29, 0.717) is 24.3 Å². The molecule has 0 fully saturated rings. The van der Waals surface area contributed by atoms with Crippen molar-refractivity contribution in [2.45, 2.75) is 39.0 Å². The Kier molecular flexibility index (Phi) is 10.2. The summed E-state index contributed by atoms with van der Waals surface area (Å²) >= 11 is 0. The van der Waals surface area contributed by atoms with Crippen molar-refractivity contribution < 1.29 is 23.5 Å². The first-order valence-electron chi connectivity index (χ1n) is 12.1. The molecule has 5 heteroatoms. The van der Waals surface area contributed by atoms with E-state index in [0.717, 1.165) is 48.1 Å². The Morgan fingerprint density at radius 3 is 2.08 bits per heavy atom. The lowest BCUT2D eigenvalue weighted by molar-refractivity contribution is -0.134. The molecule has 3 rings (SSSR count). The van der Waals surface area contributed by atoms with E-state index in [1.165, 1.54) is 30.3 Å². The highest BCUT2D eigenvalue weighted by Crippen LogP contribution is 2.18. The maximum absolute atomic E-state index is 13.0. The smallest absolute Gasteiger partial charge is 0.311 e. The second kappa shape index (κ2) is 13.8. The first-order valence-corrected chi connectivity index (χ1v) is 12.1. The van der Waals surface area contributed by atoms with Crippen molar-refractivity contribution in [3.63, 3.8) is 0 Å². The van der Waals surface area contributed by atoms with Crippen LogP contribution in [0.25, 0.3) is 11.6 Å². The number of benzene rings is 3. The molecular formula is C31H31FO4. The van der Waals surface area contributed by atoms with Gasteiger partial charge in [0.1, 0.15) is 17.3 Å². The fourth-order valence-electron chi connectivity index (χ4n) is 3.46. The predicted octanol–water partition coefficient (Wildman–Crippen LogP) is 7.69. The molecule has 0 radical (unpaired) electrons. The Hall–Kier alpha value is -3.99. The van der Waals surface area contributed by atoms with E-state index in [4.69, 9.17) is 9.47 Å². The second-order valence-corrected chi connectivity index (χ2v) is 8.56. The number of hydrogen-bond donors (Lipinski definition) is 0. The van der Waals surface area contributed by atoms with E-state index in [1.807, 2.05) is 31.2 Å². The van der Waals surface area contributed by atoms with Crippen molar-refractivity contribution in [2.75, 3.05) is 6.61 Å². The Morgan fingerprint density at radius 2 is 1.42 bits per heavy atom. The highest BCUT2D eigenvalue weighted by atomic mass is 19.1. The summed E-state index contributed by atoms with van der Waals surface area (Å²) in [6.45, 7) is 6.55. The quantitative estimate of drug-likeness (QED) is 0.0817. The van der Waals surface area contributed by atoms with Crippen LogP contribution in [0.15, 0.2) is 85.5 Å². The number of esters is 1. The number of ketones is 1. The van der Waals surface area contributed by atoms with Gasteiger partial charge in [-0.25, -0.2) is 4.39 Å². The summed E-state index contributed by atoms with van der Waals surface area (Å²) in [7, 11) is 0. The zero-order valence-corrected chi connectivity index (χ0v) is 20.5. The molecule has 0 saturated heterocycles. The van der Waals surface area contributed by atoms with Crippen molar-refractivity contribution >= 4 is 23.4 Å². The Labute approximate surface area is 212 Å². The van der Waals surface area contributed by atoms with Gasteiger partial charge in [0, 0.05) is 12.0 Å². The van der Waals surface area contributed by atoms with Gasteiger partial charge >= 0.3 is 5.97 Å². The van der Waals surface area contributed by atoms with Crippen LogP contribution in [0.2, 0.25) is 0 Å². The molecule has 186 valence electrons.